The van der Waals surface area contributed by atoms with Crippen LogP contribution in [0.1, 0.15) is 108 Å². The van der Waals surface area contributed by atoms with Crippen molar-refractivity contribution in [3.8, 4) is 0 Å². The molecule has 0 radical (unpaired) electrons. The highest BCUT2D eigenvalue weighted by Crippen LogP contribution is 2.44. The highest BCUT2D eigenvalue weighted by Gasteiger charge is 2.37. The minimum atomic E-state index is -3.37. The molecule has 1 aromatic rings. The van der Waals surface area contributed by atoms with E-state index >= 15 is 0 Å². The quantitative estimate of drug-likeness (QED) is 0.401. The maximum Gasteiger partial charge on any atom is 0.330 e. The summed E-state index contributed by atoms with van der Waals surface area (Å²) in [4.78, 5) is 11.2. The first kappa shape index (κ1) is 22.4. The van der Waals surface area contributed by atoms with Crippen LogP contribution in [0.3, 0.4) is 0 Å². The van der Waals surface area contributed by atoms with E-state index in [2.05, 4.69) is 6.92 Å². The maximum atomic E-state index is 13.9. The van der Waals surface area contributed by atoms with Crippen molar-refractivity contribution in [2.75, 3.05) is 0 Å². The first-order chi connectivity index (χ1) is 13.9. The lowest BCUT2D eigenvalue weighted by Crippen LogP contribution is -2.25. The topological polar surface area (TPSA) is 17.1 Å². The fourth-order valence-corrected chi connectivity index (χ4v) is 5.72. The molecule has 3 heteroatoms. The predicted octanol–water partition coefficient (Wildman–Crippen LogP) is 8.03. The molecule has 0 N–H and O–H groups in total. The van der Waals surface area contributed by atoms with Crippen LogP contribution in [0.25, 0.3) is 0 Å². The van der Waals surface area contributed by atoms with Crippen molar-refractivity contribution in [2.45, 2.75) is 103 Å². The number of hydrogen-bond donors (Lipinski definition) is 0. The molecular formula is C26H38F2O. The van der Waals surface area contributed by atoms with Crippen molar-refractivity contribution in [3.63, 3.8) is 0 Å². The average molecular weight is 405 g/mol. The van der Waals surface area contributed by atoms with Gasteiger partial charge in [0.1, 0.15) is 0 Å². The Bertz CT molecular complexity index is 635. The number of benzene rings is 1. The van der Waals surface area contributed by atoms with Crippen LogP contribution in [0.2, 0.25) is 0 Å². The Balaban J connectivity index is 1.46. The van der Waals surface area contributed by atoms with Gasteiger partial charge < -0.3 is 0 Å². The largest absolute Gasteiger partial charge is 0.330 e. The van der Waals surface area contributed by atoms with E-state index in [9.17, 15) is 13.6 Å². The average Bonchev–Trinajstić information content (AvgIpc) is 2.74. The van der Waals surface area contributed by atoms with E-state index in [1.807, 2.05) is 12.1 Å². The molecule has 0 spiro atoms. The van der Waals surface area contributed by atoms with E-state index in [1.54, 1.807) is 0 Å². The van der Waals surface area contributed by atoms with E-state index < -0.39 is 11.7 Å². The summed E-state index contributed by atoms with van der Waals surface area (Å²) in [6.45, 7) is 3.23. The number of alkyl halides is 2. The van der Waals surface area contributed by atoms with Crippen LogP contribution in [0.15, 0.2) is 24.3 Å². The first-order valence-corrected chi connectivity index (χ1v) is 11.9. The van der Waals surface area contributed by atoms with Gasteiger partial charge in [-0.1, -0.05) is 69.7 Å². The molecule has 29 heavy (non-hydrogen) atoms. The summed E-state index contributed by atoms with van der Waals surface area (Å²) >= 11 is 0. The summed E-state index contributed by atoms with van der Waals surface area (Å²) in [5.41, 5.74) is 0.976. The number of Topliss-reactive ketones (excluding diaryl/α,β-unsaturated/α-hetero) is 1. The van der Waals surface area contributed by atoms with Crippen molar-refractivity contribution in [2.24, 2.45) is 17.8 Å². The molecule has 0 saturated heterocycles. The fraction of sp³-hybridized carbons (Fsp3) is 0.731. The van der Waals surface area contributed by atoms with Crippen LogP contribution in [0, 0.1) is 17.8 Å². The van der Waals surface area contributed by atoms with Crippen molar-refractivity contribution in [3.05, 3.63) is 35.4 Å². The number of ketones is 1. The van der Waals surface area contributed by atoms with Gasteiger partial charge in [0.15, 0.2) is 0 Å². The van der Waals surface area contributed by atoms with Crippen LogP contribution in [-0.2, 0) is 10.7 Å². The molecular weight excluding hydrogens is 366 g/mol. The maximum absolute atomic E-state index is 13.9. The normalized spacial score (nSPS) is 28.3. The van der Waals surface area contributed by atoms with Crippen molar-refractivity contribution < 1.29 is 13.6 Å². The molecule has 0 atom stereocenters. The fourth-order valence-electron chi connectivity index (χ4n) is 5.72. The lowest BCUT2D eigenvalue weighted by atomic mass is 9.68. The lowest BCUT2D eigenvalue weighted by Gasteiger charge is -2.38. The van der Waals surface area contributed by atoms with Crippen molar-refractivity contribution >= 4 is 5.78 Å². The van der Waals surface area contributed by atoms with Gasteiger partial charge in [-0.15, -0.1) is 0 Å². The molecule has 2 fully saturated rings. The minimum absolute atomic E-state index is 0.182. The van der Waals surface area contributed by atoms with E-state index in [1.165, 1.54) is 89.2 Å². The molecule has 0 heterocycles. The molecule has 162 valence electrons. The third-order valence-corrected chi connectivity index (χ3v) is 7.73. The Hall–Kier alpha value is -1.25. The summed E-state index contributed by atoms with van der Waals surface area (Å²) < 4.78 is 27.7. The number of rotatable bonds is 8. The van der Waals surface area contributed by atoms with Crippen LogP contribution in [-0.4, -0.2) is 5.78 Å². The summed E-state index contributed by atoms with van der Waals surface area (Å²) in [5, 5.41) is 0. The molecule has 2 aliphatic carbocycles. The number of carbonyl (C=O) groups is 1. The molecule has 1 aromatic carbocycles. The third-order valence-electron chi connectivity index (χ3n) is 7.73. The molecule has 0 amide bonds. The molecule has 3 rings (SSSR count). The van der Waals surface area contributed by atoms with E-state index in [-0.39, 0.29) is 5.56 Å². The van der Waals surface area contributed by atoms with Gasteiger partial charge in [0.05, 0.1) is 0 Å². The molecule has 0 bridgehead atoms. The summed E-state index contributed by atoms with van der Waals surface area (Å²) in [7, 11) is 0. The van der Waals surface area contributed by atoms with Gasteiger partial charge in [-0.05, 0) is 67.8 Å². The summed E-state index contributed by atoms with van der Waals surface area (Å²) in [6.07, 6.45) is 16.1. The smallest absolute Gasteiger partial charge is 0.293 e. The van der Waals surface area contributed by atoms with Crippen LogP contribution in [0.4, 0.5) is 8.78 Å². The zero-order valence-corrected chi connectivity index (χ0v) is 18.3. The number of hydrogen-bond acceptors (Lipinski definition) is 1. The number of halogens is 2. The summed E-state index contributed by atoms with van der Waals surface area (Å²) in [6, 6.07) is 6.53. The van der Waals surface area contributed by atoms with E-state index in [0.717, 1.165) is 30.2 Å². The van der Waals surface area contributed by atoms with Gasteiger partial charge in [0.25, 0.3) is 0 Å². The second-order valence-electron chi connectivity index (χ2n) is 9.64. The van der Waals surface area contributed by atoms with Crippen molar-refractivity contribution in [1.29, 1.82) is 0 Å². The second kappa shape index (κ2) is 10.2. The molecule has 0 unspecified atom stereocenters. The Kier molecular flexibility index (Phi) is 7.87. The van der Waals surface area contributed by atoms with Crippen LogP contribution in [0.5, 0.6) is 0 Å². The standard InChI is InChI=1S/C26H38F2O/c1-3-4-5-6-20-7-9-21(10-8-20)22-11-13-23(14-12-22)24-15-17-25(18-16-24)26(27,28)19(2)29/h15-18,20-23H,3-14H2,1-2H3/t20-,21-,22?,23?. The second-order valence-corrected chi connectivity index (χ2v) is 9.64. The molecule has 0 aromatic heterocycles. The minimum Gasteiger partial charge on any atom is -0.293 e. The monoisotopic (exact) mass is 404 g/mol. The zero-order chi connectivity index (χ0) is 20.9. The lowest BCUT2D eigenvalue weighted by molar-refractivity contribution is -0.141. The summed E-state index contributed by atoms with van der Waals surface area (Å²) in [5.74, 6) is -1.23. The third kappa shape index (κ3) is 5.67. The number of unbranched alkanes of at least 4 members (excludes halogenated alkanes) is 2. The molecule has 2 aliphatic rings. The zero-order valence-electron chi connectivity index (χ0n) is 18.3. The van der Waals surface area contributed by atoms with Gasteiger partial charge in [-0.25, -0.2) is 0 Å². The number of carbonyl (C=O) groups excluding carboxylic acids is 1. The van der Waals surface area contributed by atoms with Gasteiger partial charge in [0, 0.05) is 12.5 Å². The van der Waals surface area contributed by atoms with Crippen LogP contribution >= 0.6 is 0 Å². The Morgan fingerprint density at radius 3 is 1.97 bits per heavy atom. The highest BCUT2D eigenvalue weighted by atomic mass is 19.3. The Labute approximate surface area is 175 Å². The first-order valence-electron chi connectivity index (χ1n) is 11.9. The molecule has 2 saturated carbocycles. The molecule has 1 nitrogen and oxygen atoms in total. The van der Waals surface area contributed by atoms with Gasteiger partial charge in [-0.2, -0.15) is 8.78 Å². The van der Waals surface area contributed by atoms with Gasteiger partial charge in [0.2, 0.25) is 5.78 Å². The van der Waals surface area contributed by atoms with Gasteiger partial charge in [-0.3, -0.25) is 4.79 Å². The highest BCUT2D eigenvalue weighted by molar-refractivity contribution is 5.84. The van der Waals surface area contributed by atoms with E-state index in [4.69, 9.17) is 0 Å². The van der Waals surface area contributed by atoms with Crippen LogP contribution < -0.4 is 0 Å². The van der Waals surface area contributed by atoms with Gasteiger partial charge >= 0.3 is 5.92 Å². The predicted molar refractivity (Wildman–Crippen MR) is 115 cm³/mol. The Morgan fingerprint density at radius 2 is 1.45 bits per heavy atom. The Morgan fingerprint density at radius 1 is 0.897 bits per heavy atom. The molecule has 0 aliphatic heterocycles. The van der Waals surface area contributed by atoms with E-state index in [0.29, 0.717) is 5.92 Å². The SMILES string of the molecule is CCCCC[C@H]1CC[C@H](C2CCC(c3ccc(C(F)(F)C(C)=O)cc3)CC2)CC1. The van der Waals surface area contributed by atoms with Crippen molar-refractivity contribution in [1.82, 2.24) is 0 Å².